The number of hydrogen-bond acceptors (Lipinski definition) is 6. The summed E-state index contributed by atoms with van der Waals surface area (Å²) in [5.74, 6) is -0.818. The predicted octanol–water partition coefficient (Wildman–Crippen LogP) is 23.8. The molecule has 0 aliphatic carbocycles. The molecular formula is C70H136O6. The molecule has 0 heterocycles. The minimum atomic E-state index is -0.763. The molecule has 1 atom stereocenters. The van der Waals surface area contributed by atoms with Gasteiger partial charge in [0.25, 0.3) is 0 Å². The van der Waals surface area contributed by atoms with Crippen LogP contribution in [0.3, 0.4) is 0 Å². The highest BCUT2D eigenvalue weighted by atomic mass is 16.6. The second kappa shape index (κ2) is 65.9. The van der Waals surface area contributed by atoms with Crippen molar-refractivity contribution in [3.63, 3.8) is 0 Å². The summed E-state index contributed by atoms with van der Waals surface area (Å²) in [5.41, 5.74) is 0. The zero-order valence-corrected chi connectivity index (χ0v) is 52.1. The van der Waals surface area contributed by atoms with Crippen molar-refractivity contribution >= 4 is 17.9 Å². The molecule has 0 N–H and O–H groups in total. The summed E-state index contributed by atoms with van der Waals surface area (Å²) >= 11 is 0. The minimum Gasteiger partial charge on any atom is -0.462 e. The molecule has 1 unspecified atom stereocenters. The van der Waals surface area contributed by atoms with Crippen LogP contribution in [0.4, 0.5) is 0 Å². The summed E-state index contributed by atoms with van der Waals surface area (Å²) < 4.78 is 17.0. The molecule has 0 aliphatic heterocycles. The van der Waals surface area contributed by atoms with Crippen molar-refractivity contribution in [1.29, 1.82) is 0 Å². The van der Waals surface area contributed by atoms with Crippen molar-refractivity contribution in [2.75, 3.05) is 13.2 Å². The number of ether oxygens (including phenoxy) is 3. The SMILES string of the molecule is CCCCCCCCCCCCCCCCCCCCCCC(=O)OCC(COC(=O)CCCCCCCCCCCCCCCCCCCC)OC(=O)CCCCCCCCCCCCCCCCCCCCCC. The zero-order valence-electron chi connectivity index (χ0n) is 52.1. The van der Waals surface area contributed by atoms with Crippen LogP contribution in [0.25, 0.3) is 0 Å². The molecule has 0 bridgehead atoms. The Morgan fingerprint density at radius 3 is 0.526 bits per heavy atom. The third-order valence-corrected chi connectivity index (χ3v) is 16.4. The van der Waals surface area contributed by atoms with E-state index in [1.807, 2.05) is 0 Å². The molecule has 452 valence electrons. The first-order valence-corrected chi connectivity index (χ1v) is 35.0. The maximum Gasteiger partial charge on any atom is 0.306 e. The second-order valence-electron chi connectivity index (χ2n) is 24.2. The van der Waals surface area contributed by atoms with E-state index in [9.17, 15) is 14.4 Å². The van der Waals surface area contributed by atoms with E-state index in [1.54, 1.807) is 0 Å². The summed E-state index contributed by atoms with van der Waals surface area (Å²) in [5, 5.41) is 0. The molecule has 0 saturated carbocycles. The molecule has 6 nitrogen and oxygen atoms in total. The molecule has 0 amide bonds. The lowest BCUT2D eigenvalue weighted by molar-refractivity contribution is -0.167. The average Bonchev–Trinajstić information content (AvgIpc) is 3.42. The Balaban J connectivity index is 4.27. The van der Waals surface area contributed by atoms with E-state index in [-0.39, 0.29) is 31.1 Å². The Morgan fingerprint density at radius 1 is 0.211 bits per heavy atom. The standard InChI is InChI=1S/C70H136O6/c1-4-7-10-13-16-19-22-25-28-31-34-36-39-42-45-48-51-54-57-60-63-69(72)75-66-67(65-74-68(71)62-59-56-53-50-47-44-41-38-33-30-27-24-21-18-15-12-9-6-3)76-70(73)64-61-58-55-52-49-46-43-40-37-35-32-29-26-23-20-17-14-11-8-5-2/h67H,4-66H2,1-3H3. The fourth-order valence-corrected chi connectivity index (χ4v) is 11.1. The molecule has 0 rings (SSSR count). The predicted molar refractivity (Wildman–Crippen MR) is 330 cm³/mol. The fraction of sp³-hybridized carbons (Fsp3) is 0.957. The van der Waals surface area contributed by atoms with Crippen molar-refractivity contribution in [3.05, 3.63) is 0 Å². The van der Waals surface area contributed by atoms with E-state index in [1.165, 1.54) is 315 Å². The Bertz CT molecular complexity index is 1140. The number of esters is 3. The van der Waals surface area contributed by atoms with E-state index in [0.717, 1.165) is 57.8 Å². The number of carbonyl (C=O) groups is 3. The Hall–Kier alpha value is -1.59. The Labute approximate surface area is 476 Å². The van der Waals surface area contributed by atoms with Gasteiger partial charge >= 0.3 is 17.9 Å². The molecule has 76 heavy (non-hydrogen) atoms. The van der Waals surface area contributed by atoms with Crippen LogP contribution < -0.4 is 0 Å². The smallest absolute Gasteiger partial charge is 0.306 e. The van der Waals surface area contributed by atoms with Crippen molar-refractivity contribution in [1.82, 2.24) is 0 Å². The van der Waals surface area contributed by atoms with Crippen molar-refractivity contribution in [3.8, 4) is 0 Å². The van der Waals surface area contributed by atoms with Gasteiger partial charge in [-0.2, -0.15) is 0 Å². The van der Waals surface area contributed by atoms with Gasteiger partial charge < -0.3 is 14.2 Å². The Morgan fingerprint density at radius 2 is 0.355 bits per heavy atom. The lowest BCUT2D eigenvalue weighted by Crippen LogP contribution is -2.30. The maximum absolute atomic E-state index is 13.0. The van der Waals surface area contributed by atoms with Crippen molar-refractivity contribution in [2.24, 2.45) is 0 Å². The summed E-state index contributed by atoms with van der Waals surface area (Å²) in [6, 6.07) is 0. The normalized spacial score (nSPS) is 11.9. The first-order chi connectivity index (χ1) is 37.5. The van der Waals surface area contributed by atoms with Crippen LogP contribution in [0.5, 0.6) is 0 Å². The van der Waals surface area contributed by atoms with Crippen LogP contribution in [0, 0.1) is 0 Å². The largest absolute Gasteiger partial charge is 0.462 e. The van der Waals surface area contributed by atoms with Gasteiger partial charge in [-0.3, -0.25) is 14.4 Å². The van der Waals surface area contributed by atoms with E-state index in [0.29, 0.717) is 19.3 Å². The van der Waals surface area contributed by atoms with Gasteiger partial charge in [-0.1, -0.05) is 374 Å². The van der Waals surface area contributed by atoms with Gasteiger partial charge in [-0.05, 0) is 19.3 Å². The average molecular weight is 1070 g/mol. The molecule has 0 radical (unpaired) electrons. The molecule has 0 fully saturated rings. The van der Waals surface area contributed by atoms with Crippen LogP contribution in [0.1, 0.15) is 412 Å². The van der Waals surface area contributed by atoms with E-state index < -0.39 is 6.10 Å². The number of unbranched alkanes of at least 4 members (excludes halogenated alkanes) is 55. The highest BCUT2D eigenvalue weighted by molar-refractivity contribution is 5.71. The zero-order chi connectivity index (χ0) is 55.0. The number of rotatable bonds is 66. The van der Waals surface area contributed by atoms with Gasteiger partial charge in [0.2, 0.25) is 0 Å². The molecule has 6 heteroatoms. The van der Waals surface area contributed by atoms with Crippen LogP contribution in [-0.2, 0) is 28.6 Å². The third kappa shape index (κ3) is 63.2. The van der Waals surface area contributed by atoms with Crippen molar-refractivity contribution in [2.45, 2.75) is 419 Å². The third-order valence-electron chi connectivity index (χ3n) is 16.4. The summed E-state index contributed by atoms with van der Waals surface area (Å²) in [6.45, 7) is 6.75. The van der Waals surface area contributed by atoms with Gasteiger partial charge in [0.1, 0.15) is 13.2 Å². The van der Waals surface area contributed by atoms with E-state index in [4.69, 9.17) is 14.2 Å². The van der Waals surface area contributed by atoms with Crippen LogP contribution in [0.15, 0.2) is 0 Å². The first kappa shape index (κ1) is 74.4. The quantitative estimate of drug-likeness (QED) is 0.0343. The van der Waals surface area contributed by atoms with Crippen molar-refractivity contribution < 1.29 is 28.6 Å². The van der Waals surface area contributed by atoms with E-state index in [2.05, 4.69) is 20.8 Å². The van der Waals surface area contributed by atoms with Gasteiger partial charge in [-0.25, -0.2) is 0 Å². The summed E-state index contributed by atoms with van der Waals surface area (Å²) in [4.78, 5) is 38.4. The highest BCUT2D eigenvalue weighted by Crippen LogP contribution is 2.19. The summed E-state index contributed by atoms with van der Waals surface area (Å²) in [6.07, 6.45) is 76.9. The van der Waals surface area contributed by atoms with Gasteiger partial charge in [-0.15, -0.1) is 0 Å². The lowest BCUT2D eigenvalue weighted by Gasteiger charge is -2.18. The van der Waals surface area contributed by atoms with Gasteiger partial charge in [0.05, 0.1) is 0 Å². The minimum absolute atomic E-state index is 0.0600. The topological polar surface area (TPSA) is 78.9 Å². The first-order valence-electron chi connectivity index (χ1n) is 35.0. The van der Waals surface area contributed by atoms with Gasteiger partial charge in [0, 0.05) is 19.3 Å². The van der Waals surface area contributed by atoms with E-state index >= 15 is 0 Å². The van der Waals surface area contributed by atoms with Crippen LogP contribution in [0.2, 0.25) is 0 Å². The lowest BCUT2D eigenvalue weighted by atomic mass is 10.0. The van der Waals surface area contributed by atoms with Crippen LogP contribution in [-0.4, -0.2) is 37.2 Å². The number of carbonyl (C=O) groups excluding carboxylic acids is 3. The summed E-state index contributed by atoms with van der Waals surface area (Å²) in [7, 11) is 0. The Kier molecular flexibility index (Phi) is 64.5. The maximum atomic E-state index is 13.0. The van der Waals surface area contributed by atoms with Crippen LogP contribution >= 0.6 is 0 Å². The molecule has 0 aliphatic rings. The van der Waals surface area contributed by atoms with Gasteiger partial charge in [0.15, 0.2) is 6.10 Å². The molecule has 0 aromatic heterocycles. The fourth-order valence-electron chi connectivity index (χ4n) is 11.1. The number of hydrogen-bond donors (Lipinski definition) is 0. The molecule has 0 spiro atoms. The second-order valence-corrected chi connectivity index (χ2v) is 24.2. The monoisotopic (exact) mass is 1070 g/mol. The highest BCUT2D eigenvalue weighted by Gasteiger charge is 2.19. The molecule has 0 aromatic carbocycles. The molecular weight excluding hydrogens is 937 g/mol. The molecule has 0 saturated heterocycles. The molecule has 0 aromatic rings.